The molecule has 31 heavy (non-hydrogen) atoms. The van der Waals surface area contributed by atoms with Crippen LogP contribution in [0.25, 0.3) is 0 Å². The maximum atomic E-state index is 12.2. The second kappa shape index (κ2) is 11.7. The second-order valence-corrected chi connectivity index (χ2v) is 7.18. The summed E-state index contributed by atoms with van der Waals surface area (Å²) >= 11 is 3.38. The normalized spacial score (nSPS) is 10.5. The fraction of sp³-hybridized carbons (Fsp3) is 0.238. The first-order valence-electron chi connectivity index (χ1n) is 9.32. The van der Waals surface area contributed by atoms with Crippen LogP contribution < -0.4 is 25.5 Å². The molecule has 3 N–H and O–H groups in total. The van der Waals surface area contributed by atoms with E-state index in [0.29, 0.717) is 29.3 Å². The van der Waals surface area contributed by atoms with Crippen molar-refractivity contribution >= 4 is 45.6 Å². The largest absolute Gasteiger partial charge is 0.493 e. The summed E-state index contributed by atoms with van der Waals surface area (Å²) in [6, 6.07) is 10.4. The highest BCUT2D eigenvalue weighted by Gasteiger charge is 2.11. The number of carbonyl (C=O) groups excluding carboxylic acids is 3. The predicted molar refractivity (Wildman–Crippen MR) is 120 cm³/mol. The molecule has 2 rings (SSSR count). The van der Waals surface area contributed by atoms with Crippen LogP contribution in [0, 0.1) is 6.92 Å². The number of rotatable bonds is 8. The minimum atomic E-state index is -0.864. The molecule has 2 aromatic carbocycles. The van der Waals surface area contributed by atoms with Crippen LogP contribution in [0.3, 0.4) is 0 Å². The van der Waals surface area contributed by atoms with E-state index in [1.165, 1.54) is 13.3 Å². The van der Waals surface area contributed by atoms with Crippen molar-refractivity contribution in [2.75, 3.05) is 25.6 Å². The van der Waals surface area contributed by atoms with Crippen molar-refractivity contribution in [1.29, 1.82) is 0 Å². The Bertz CT molecular complexity index is 994. The van der Waals surface area contributed by atoms with E-state index in [-0.39, 0.29) is 12.5 Å². The number of nitrogens with zero attached hydrogens (tertiary/aromatic N) is 1. The lowest BCUT2D eigenvalue weighted by Crippen LogP contribution is -2.37. The summed E-state index contributed by atoms with van der Waals surface area (Å²) in [5, 5.41) is 8.90. The zero-order valence-electron chi connectivity index (χ0n) is 17.3. The molecule has 0 aliphatic carbocycles. The zero-order chi connectivity index (χ0) is 22.8. The van der Waals surface area contributed by atoms with Gasteiger partial charge in [0, 0.05) is 16.7 Å². The van der Waals surface area contributed by atoms with Gasteiger partial charge in [0.05, 0.1) is 13.3 Å². The molecule has 0 aliphatic rings. The van der Waals surface area contributed by atoms with Gasteiger partial charge in [0.15, 0.2) is 18.1 Å². The van der Waals surface area contributed by atoms with Crippen LogP contribution in [0.2, 0.25) is 0 Å². The van der Waals surface area contributed by atoms with Crippen molar-refractivity contribution in [3.05, 3.63) is 52.0 Å². The van der Waals surface area contributed by atoms with Gasteiger partial charge in [0.2, 0.25) is 0 Å². The molecule has 0 aliphatic heterocycles. The first-order valence-corrected chi connectivity index (χ1v) is 10.1. The van der Waals surface area contributed by atoms with Gasteiger partial charge >= 0.3 is 11.8 Å². The maximum absolute atomic E-state index is 12.2. The van der Waals surface area contributed by atoms with Gasteiger partial charge in [0.1, 0.15) is 0 Å². The molecule has 0 saturated heterocycles. The van der Waals surface area contributed by atoms with Gasteiger partial charge in [0.25, 0.3) is 5.91 Å². The summed E-state index contributed by atoms with van der Waals surface area (Å²) in [4.78, 5) is 35.0. The van der Waals surface area contributed by atoms with Crippen LogP contribution in [-0.2, 0) is 14.4 Å². The van der Waals surface area contributed by atoms with E-state index >= 15 is 0 Å². The molecule has 2 aromatic rings. The number of hydrazone groups is 1. The van der Waals surface area contributed by atoms with Crippen LogP contribution in [0.4, 0.5) is 5.69 Å². The van der Waals surface area contributed by atoms with Crippen molar-refractivity contribution in [2.45, 2.75) is 13.8 Å². The summed E-state index contributed by atoms with van der Waals surface area (Å²) in [5.41, 5.74) is 4.34. The number of hydrogen-bond donors (Lipinski definition) is 3. The molecule has 0 atom stereocenters. The fourth-order valence-electron chi connectivity index (χ4n) is 2.44. The number of benzene rings is 2. The quantitative estimate of drug-likeness (QED) is 0.298. The molecule has 0 fully saturated rings. The van der Waals surface area contributed by atoms with E-state index in [1.54, 1.807) is 31.2 Å². The number of nitrogens with one attached hydrogen (secondary N) is 3. The van der Waals surface area contributed by atoms with Crippen LogP contribution in [0.15, 0.2) is 46.0 Å². The molecular formula is C21H23BrN4O5. The van der Waals surface area contributed by atoms with Crippen molar-refractivity contribution < 1.29 is 23.9 Å². The topological polar surface area (TPSA) is 118 Å². The Morgan fingerprint density at radius 2 is 1.87 bits per heavy atom. The number of halogens is 1. The second-order valence-electron chi connectivity index (χ2n) is 6.26. The SMILES string of the molecule is CCNC(=O)C(=O)N/N=C\c1ccc(OCC(=O)Nc2ccc(Br)cc2C)c(OC)c1. The maximum Gasteiger partial charge on any atom is 0.329 e. The summed E-state index contributed by atoms with van der Waals surface area (Å²) in [6.45, 7) is 3.73. The molecule has 0 spiro atoms. The lowest BCUT2D eigenvalue weighted by atomic mass is 10.2. The molecule has 0 aromatic heterocycles. The zero-order valence-corrected chi connectivity index (χ0v) is 18.9. The molecular weight excluding hydrogens is 468 g/mol. The van der Waals surface area contributed by atoms with E-state index in [4.69, 9.17) is 9.47 Å². The monoisotopic (exact) mass is 490 g/mol. The van der Waals surface area contributed by atoms with E-state index in [9.17, 15) is 14.4 Å². The van der Waals surface area contributed by atoms with E-state index < -0.39 is 11.8 Å². The number of aryl methyl sites for hydroxylation is 1. The predicted octanol–water partition coefficient (Wildman–Crippen LogP) is 2.37. The summed E-state index contributed by atoms with van der Waals surface area (Å²) in [5.74, 6) is -1.19. The van der Waals surface area contributed by atoms with Gasteiger partial charge in [-0.05, 0) is 61.4 Å². The number of carbonyl (C=O) groups is 3. The lowest BCUT2D eigenvalue weighted by Gasteiger charge is -2.12. The van der Waals surface area contributed by atoms with Gasteiger partial charge in [-0.2, -0.15) is 5.10 Å². The van der Waals surface area contributed by atoms with Crippen LogP contribution in [0.5, 0.6) is 11.5 Å². The van der Waals surface area contributed by atoms with Gasteiger partial charge in [-0.1, -0.05) is 15.9 Å². The number of hydrogen-bond acceptors (Lipinski definition) is 6. The Kier molecular flexibility index (Phi) is 9.01. The molecule has 3 amide bonds. The van der Waals surface area contributed by atoms with Crippen molar-refractivity contribution in [3.63, 3.8) is 0 Å². The van der Waals surface area contributed by atoms with Crippen molar-refractivity contribution in [3.8, 4) is 11.5 Å². The number of methoxy groups -OCH3 is 1. The van der Waals surface area contributed by atoms with Crippen LogP contribution >= 0.6 is 15.9 Å². The van der Waals surface area contributed by atoms with E-state index in [1.807, 2.05) is 19.1 Å². The van der Waals surface area contributed by atoms with Crippen molar-refractivity contribution in [1.82, 2.24) is 10.7 Å². The Balaban J connectivity index is 1.95. The molecule has 0 radical (unpaired) electrons. The summed E-state index contributed by atoms with van der Waals surface area (Å²) in [7, 11) is 1.46. The van der Waals surface area contributed by atoms with Gasteiger partial charge in [-0.15, -0.1) is 0 Å². The molecule has 0 saturated carbocycles. The highest BCUT2D eigenvalue weighted by molar-refractivity contribution is 9.10. The molecule has 9 nitrogen and oxygen atoms in total. The first-order chi connectivity index (χ1) is 14.8. The molecule has 0 heterocycles. The minimum absolute atomic E-state index is 0.206. The Morgan fingerprint density at radius 1 is 1.10 bits per heavy atom. The van der Waals surface area contributed by atoms with E-state index in [0.717, 1.165) is 10.0 Å². The summed E-state index contributed by atoms with van der Waals surface area (Å²) in [6.07, 6.45) is 1.35. The molecule has 0 bridgehead atoms. The highest BCUT2D eigenvalue weighted by atomic mass is 79.9. The van der Waals surface area contributed by atoms with Gasteiger partial charge < -0.3 is 20.1 Å². The Labute approximate surface area is 188 Å². The highest BCUT2D eigenvalue weighted by Crippen LogP contribution is 2.27. The Hall–Kier alpha value is -3.40. The van der Waals surface area contributed by atoms with E-state index in [2.05, 4.69) is 37.1 Å². The van der Waals surface area contributed by atoms with Crippen molar-refractivity contribution in [2.24, 2.45) is 5.10 Å². The third-order valence-corrected chi connectivity index (χ3v) is 4.43. The van der Waals surface area contributed by atoms with Gasteiger partial charge in [-0.25, -0.2) is 5.43 Å². The average molecular weight is 491 g/mol. The third-order valence-electron chi connectivity index (χ3n) is 3.93. The smallest absolute Gasteiger partial charge is 0.329 e. The molecule has 164 valence electrons. The third kappa shape index (κ3) is 7.41. The van der Waals surface area contributed by atoms with Crippen LogP contribution in [-0.4, -0.2) is 44.2 Å². The Morgan fingerprint density at radius 3 is 2.55 bits per heavy atom. The average Bonchev–Trinajstić information content (AvgIpc) is 2.74. The standard InChI is InChI=1S/C21H23BrN4O5/c1-4-23-20(28)21(29)26-24-11-14-5-8-17(18(10-14)30-3)31-12-19(27)25-16-7-6-15(22)9-13(16)2/h5-11H,4,12H2,1-3H3,(H,23,28)(H,25,27)(H,26,29)/b24-11-. The number of anilines is 1. The van der Waals surface area contributed by atoms with Gasteiger partial charge in [-0.3, -0.25) is 14.4 Å². The number of likely N-dealkylation sites (N-methyl/N-ethyl adjacent to an activating group) is 1. The van der Waals surface area contributed by atoms with Crippen LogP contribution in [0.1, 0.15) is 18.1 Å². The molecule has 0 unspecified atom stereocenters. The number of ether oxygens (including phenoxy) is 2. The summed E-state index contributed by atoms with van der Waals surface area (Å²) < 4.78 is 11.8. The molecule has 10 heteroatoms. The first kappa shape index (κ1) is 23.9. The number of amides is 3. The fourth-order valence-corrected chi connectivity index (χ4v) is 2.91. The lowest BCUT2D eigenvalue weighted by molar-refractivity contribution is -0.139. The minimum Gasteiger partial charge on any atom is -0.493 e.